The minimum absolute atomic E-state index is 0.135. The number of hydrogen-bond acceptors (Lipinski definition) is 1. The SMILES string of the molecule is NC1CCC2=C(C1)c1cc(F)cc(F)c1C2. The highest BCUT2D eigenvalue weighted by molar-refractivity contribution is 5.77. The molecule has 0 bridgehead atoms. The normalized spacial score (nSPS) is 23.3. The van der Waals surface area contributed by atoms with Crippen molar-refractivity contribution in [3.8, 4) is 0 Å². The molecule has 1 nitrogen and oxygen atoms in total. The molecule has 0 saturated carbocycles. The van der Waals surface area contributed by atoms with Gasteiger partial charge in [0.25, 0.3) is 0 Å². The number of hydrogen-bond donors (Lipinski definition) is 1. The Bertz CT molecular complexity index is 491. The van der Waals surface area contributed by atoms with Gasteiger partial charge >= 0.3 is 0 Å². The maximum atomic E-state index is 13.6. The number of rotatable bonds is 0. The van der Waals surface area contributed by atoms with E-state index in [1.165, 1.54) is 11.6 Å². The number of benzene rings is 1. The van der Waals surface area contributed by atoms with Gasteiger partial charge in [0, 0.05) is 12.1 Å². The van der Waals surface area contributed by atoms with Gasteiger partial charge in [0.05, 0.1) is 0 Å². The van der Waals surface area contributed by atoms with Gasteiger partial charge in [-0.2, -0.15) is 0 Å². The molecular weight excluding hydrogens is 208 g/mol. The average Bonchev–Trinajstić information content (AvgIpc) is 2.57. The van der Waals surface area contributed by atoms with E-state index in [9.17, 15) is 8.78 Å². The molecule has 16 heavy (non-hydrogen) atoms. The second-order valence-electron chi connectivity index (χ2n) is 4.68. The first-order chi connectivity index (χ1) is 7.65. The minimum Gasteiger partial charge on any atom is -0.327 e. The van der Waals surface area contributed by atoms with Gasteiger partial charge in [-0.05, 0) is 48.4 Å². The van der Waals surface area contributed by atoms with Crippen LogP contribution in [0.1, 0.15) is 30.4 Å². The third kappa shape index (κ3) is 1.39. The van der Waals surface area contributed by atoms with Crippen LogP contribution in [0.5, 0.6) is 0 Å². The van der Waals surface area contributed by atoms with Crippen molar-refractivity contribution < 1.29 is 8.78 Å². The molecule has 2 aliphatic carbocycles. The molecule has 1 aromatic carbocycles. The largest absolute Gasteiger partial charge is 0.327 e. The van der Waals surface area contributed by atoms with Crippen molar-refractivity contribution in [3.63, 3.8) is 0 Å². The summed E-state index contributed by atoms with van der Waals surface area (Å²) in [5, 5.41) is 0. The van der Waals surface area contributed by atoms with E-state index in [1.54, 1.807) is 0 Å². The van der Waals surface area contributed by atoms with Crippen LogP contribution in [0.15, 0.2) is 17.7 Å². The second kappa shape index (κ2) is 3.39. The van der Waals surface area contributed by atoms with Crippen molar-refractivity contribution in [3.05, 3.63) is 40.5 Å². The van der Waals surface area contributed by atoms with E-state index in [2.05, 4.69) is 0 Å². The van der Waals surface area contributed by atoms with Crippen LogP contribution in [0.3, 0.4) is 0 Å². The van der Waals surface area contributed by atoms with E-state index in [0.29, 0.717) is 12.0 Å². The van der Waals surface area contributed by atoms with Crippen LogP contribution in [0.25, 0.3) is 5.57 Å². The second-order valence-corrected chi connectivity index (χ2v) is 4.68. The van der Waals surface area contributed by atoms with Crippen molar-refractivity contribution in [2.24, 2.45) is 5.73 Å². The first kappa shape index (κ1) is 9.97. The van der Waals surface area contributed by atoms with Gasteiger partial charge in [-0.1, -0.05) is 5.57 Å². The minimum atomic E-state index is -0.496. The summed E-state index contributed by atoms with van der Waals surface area (Å²) >= 11 is 0. The lowest BCUT2D eigenvalue weighted by molar-refractivity contribution is 0.574. The maximum Gasteiger partial charge on any atom is 0.130 e. The van der Waals surface area contributed by atoms with Gasteiger partial charge in [0.15, 0.2) is 0 Å². The molecule has 0 amide bonds. The Morgan fingerprint density at radius 3 is 2.88 bits per heavy atom. The summed E-state index contributed by atoms with van der Waals surface area (Å²) in [5.74, 6) is -0.915. The van der Waals surface area contributed by atoms with Crippen molar-refractivity contribution in [1.82, 2.24) is 0 Å². The van der Waals surface area contributed by atoms with Crippen molar-refractivity contribution in [2.75, 3.05) is 0 Å². The summed E-state index contributed by atoms with van der Waals surface area (Å²) in [4.78, 5) is 0. The molecule has 0 aliphatic heterocycles. The number of nitrogens with two attached hydrogens (primary N) is 1. The molecule has 84 valence electrons. The van der Waals surface area contributed by atoms with Crippen LogP contribution in [-0.4, -0.2) is 6.04 Å². The van der Waals surface area contributed by atoms with Crippen molar-refractivity contribution in [1.29, 1.82) is 0 Å². The molecule has 0 saturated heterocycles. The zero-order valence-electron chi connectivity index (χ0n) is 8.89. The molecule has 1 unspecified atom stereocenters. The topological polar surface area (TPSA) is 26.0 Å². The highest BCUT2D eigenvalue weighted by Crippen LogP contribution is 2.42. The van der Waals surface area contributed by atoms with Crippen LogP contribution in [0.2, 0.25) is 0 Å². The summed E-state index contributed by atoms with van der Waals surface area (Å²) in [6.07, 6.45) is 3.28. The average molecular weight is 221 g/mol. The first-order valence-corrected chi connectivity index (χ1v) is 5.60. The highest BCUT2D eigenvalue weighted by Gasteiger charge is 2.29. The van der Waals surface area contributed by atoms with Gasteiger partial charge in [-0.25, -0.2) is 8.78 Å². The van der Waals surface area contributed by atoms with Gasteiger partial charge in [-0.3, -0.25) is 0 Å². The fourth-order valence-electron chi connectivity index (χ4n) is 2.78. The van der Waals surface area contributed by atoms with E-state index >= 15 is 0 Å². The Hall–Kier alpha value is -1.22. The Morgan fingerprint density at radius 2 is 2.06 bits per heavy atom. The summed E-state index contributed by atoms with van der Waals surface area (Å²) in [5.41, 5.74) is 9.65. The van der Waals surface area contributed by atoms with Gasteiger partial charge in [0.1, 0.15) is 11.6 Å². The Balaban J connectivity index is 2.12. The molecule has 1 atom stereocenters. The monoisotopic (exact) mass is 221 g/mol. The Kier molecular flexibility index (Phi) is 2.11. The lowest BCUT2D eigenvalue weighted by Crippen LogP contribution is -2.23. The molecule has 0 radical (unpaired) electrons. The quantitative estimate of drug-likeness (QED) is 0.716. The van der Waals surface area contributed by atoms with Crippen LogP contribution >= 0.6 is 0 Å². The van der Waals surface area contributed by atoms with Gasteiger partial charge in [0.2, 0.25) is 0 Å². The predicted octanol–water partition coefficient (Wildman–Crippen LogP) is 2.79. The molecule has 0 aromatic heterocycles. The predicted molar refractivity (Wildman–Crippen MR) is 58.8 cm³/mol. The van der Waals surface area contributed by atoms with Crippen molar-refractivity contribution >= 4 is 5.57 Å². The Morgan fingerprint density at radius 1 is 1.25 bits per heavy atom. The third-order valence-corrected chi connectivity index (χ3v) is 3.59. The molecule has 3 heteroatoms. The first-order valence-electron chi connectivity index (χ1n) is 5.60. The summed E-state index contributed by atoms with van der Waals surface area (Å²) < 4.78 is 26.8. The molecular formula is C13H13F2N. The molecule has 2 aliphatic rings. The van der Waals surface area contributed by atoms with Crippen LogP contribution < -0.4 is 5.73 Å². The summed E-state index contributed by atoms with van der Waals surface area (Å²) in [7, 11) is 0. The number of allylic oxidation sites excluding steroid dienone is 1. The number of fused-ring (bicyclic) bond motifs is 2. The molecule has 0 fully saturated rings. The summed E-state index contributed by atoms with van der Waals surface area (Å²) in [6.45, 7) is 0. The Labute approximate surface area is 93.0 Å². The molecule has 0 spiro atoms. The van der Waals surface area contributed by atoms with Gasteiger partial charge in [-0.15, -0.1) is 0 Å². The standard InChI is InChI=1S/C13H13F2N/c14-8-4-11-10-6-9(16)2-1-7(10)3-12(11)13(15)5-8/h4-5,9H,1-3,6,16H2. The van der Waals surface area contributed by atoms with Crippen molar-refractivity contribution in [2.45, 2.75) is 31.7 Å². The third-order valence-electron chi connectivity index (χ3n) is 3.59. The maximum absolute atomic E-state index is 13.6. The molecule has 1 aromatic rings. The molecule has 3 rings (SSSR count). The van der Waals surface area contributed by atoms with E-state index in [0.717, 1.165) is 36.5 Å². The zero-order valence-corrected chi connectivity index (χ0v) is 8.89. The van der Waals surface area contributed by atoms with E-state index in [-0.39, 0.29) is 6.04 Å². The van der Waals surface area contributed by atoms with Crippen LogP contribution in [0.4, 0.5) is 8.78 Å². The molecule has 2 N–H and O–H groups in total. The smallest absolute Gasteiger partial charge is 0.130 e. The molecule has 0 heterocycles. The van der Waals surface area contributed by atoms with E-state index < -0.39 is 11.6 Å². The van der Waals surface area contributed by atoms with Crippen LogP contribution in [0, 0.1) is 11.6 Å². The highest BCUT2D eigenvalue weighted by atomic mass is 19.1. The van der Waals surface area contributed by atoms with Crippen LogP contribution in [-0.2, 0) is 6.42 Å². The summed E-state index contributed by atoms with van der Waals surface area (Å²) in [6, 6.07) is 2.55. The lowest BCUT2D eigenvalue weighted by atomic mass is 9.89. The lowest BCUT2D eigenvalue weighted by Gasteiger charge is -2.20. The van der Waals surface area contributed by atoms with Gasteiger partial charge < -0.3 is 5.73 Å². The van der Waals surface area contributed by atoms with E-state index in [1.807, 2.05) is 0 Å². The van der Waals surface area contributed by atoms with E-state index in [4.69, 9.17) is 5.73 Å². The zero-order chi connectivity index (χ0) is 11.3. The fourth-order valence-corrected chi connectivity index (χ4v) is 2.78. The number of halogens is 2. The fraction of sp³-hybridized carbons (Fsp3) is 0.385.